The molecule has 1 aromatic heterocycles. The highest BCUT2D eigenvalue weighted by atomic mass is 35.5. The zero-order valence-electron chi connectivity index (χ0n) is 21.9. The van der Waals surface area contributed by atoms with E-state index in [4.69, 9.17) is 21.1 Å². The summed E-state index contributed by atoms with van der Waals surface area (Å²) < 4.78 is 27.6. The van der Waals surface area contributed by atoms with Crippen LogP contribution in [0.1, 0.15) is 58.2 Å². The Labute approximate surface area is 231 Å². The number of Topliss-reactive ketones (excluding diaryl/α,β-unsaturated/α-hetero) is 1. The van der Waals surface area contributed by atoms with Crippen LogP contribution in [0.5, 0.6) is 5.75 Å². The van der Waals surface area contributed by atoms with Gasteiger partial charge in [-0.15, -0.1) is 0 Å². The molecule has 1 aliphatic heterocycles. The lowest BCUT2D eigenvalue weighted by Crippen LogP contribution is -2.66. The maximum absolute atomic E-state index is 14.4. The minimum absolute atomic E-state index is 0.0236. The molecule has 1 saturated carbocycles. The third kappa shape index (κ3) is 4.99. The van der Waals surface area contributed by atoms with Gasteiger partial charge in [-0.2, -0.15) is 0 Å². The topological polar surface area (TPSA) is 77.8 Å². The minimum Gasteiger partial charge on any atom is -0.483 e. The highest BCUT2D eigenvalue weighted by Crippen LogP contribution is 2.45. The Bertz CT molecular complexity index is 1470. The molecule has 1 amide bonds. The standard InChI is InChI=1S/C30H30ClFN2O5/c1-3-34-29(37)26-28(39-17-19-8-5-4-6-9-19)27(36)22(16-33(26)18-30(34)14-21(15-30)38-2)24(35)13-12-20-10-7-11-23(31)25(20)32/h4-11,16,21H,3,12-15,17-18H2,1-2H3. The normalized spacial score (nSPS) is 20.1. The average Bonchev–Trinajstić information content (AvgIpc) is 2.92. The number of rotatable bonds is 9. The van der Waals surface area contributed by atoms with Crippen LogP contribution in [-0.4, -0.2) is 46.5 Å². The number of ether oxygens (including phenoxy) is 2. The van der Waals surface area contributed by atoms with E-state index in [2.05, 4.69) is 0 Å². The van der Waals surface area contributed by atoms with Crippen molar-refractivity contribution in [1.82, 2.24) is 9.47 Å². The Kier molecular flexibility index (Phi) is 7.60. The molecule has 39 heavy (non-hydrogen) atoms. The van der Waals surface area contributed by atoms with Gasteiger partial charge in [0.15, 0.2) is 17.2 Å². The molecule has 0 bridgehead atoms. The van der Waals surface area contributed by atoms with Gasteiger partial charge < -0.3 is 18.9 Å². The summed E-state index contributed by atoms with van der Waals surface area (Å²) in [6.07, 6.45) is 2.80. The SMILES string of the molecule is CCN1C(=O)c2c(OCc3ccccc3)c(=O)c(C(=O)CCc3cccc(Cl)c3F)cn2CC12CC(OC)C2. The lowest BCUT2D eigenvalue weighted by Gasteiger charge is -2.56. The minimum atomic E-state index is -0.641. The summed E-state index contributed by atoms with van der Waals surface area (Å²) in [5.74, 6) is -1.48. The fourth-order valence-corrected chi connectivity index (χ4v) is 5.89. The lowest BCUT2D eigenvalue weighted by molar-refractivity contribution is -0.0911. The van der Waals surface area contributed by atoms with Crippen LogP contribution in [0.25, 0.3) is 0 Å². The summed E-state index contributed by atoms with van der Waals surface area (Å²) in [6, 6.07) is 13.9. The number of ketones is 1. The first kappa shape index (κ1) is 27.1. The second-order valence-corrected chi connectivity index (χ2v) is 10.5. The molecule has 204 valence electrons. The molecule has 1 spiro atoms. The van der Waals surface area contributed by atoms with Crippen LogP contribution in [0.3, 0.4) is 0 Å². The molecular weight excluding hydrogens is 523 g/mol. The Morgan fingerprint density at radius 1 is 1.13 bits per heavy atom. The molecule has 9 heteroatoms. The van der Waals surface area contributed by atoms with Gasteiger partial charge in [-0.1, -0.05) is 54.1 Å². The van der Waals surface area contributed by atoms with Crippen molar-refractivity contribution in [3.63, 3.8) is 0 Å². The van der Waals surface area contributed by atoms with Gasteiger partial charge in [-0.25, -0.2) is 4.39 Å². The van der Waals surface area contributed by atoms with Gasteiger partial charge in [0.25, 0.3) is 5.91 Å². The van der Waals surface area contributed by atoms with Crippen molar-refractivity contribution in [3.05, 3.63) is 98.2 Å². The molecule has 0 unspecified atom stereocenters. The van der Waals surface area contributed by atoms with E-state index in [1.54, 1.807) is 28.7 Å². The van der Waals surface area contributed by atoms with Crippen LogP contribution < -0.4 is 10.2 Å². The maximum atomic E-state index is 14.4. The Hall–Kier alpha value is -3.49. The molecule has 2 heterocycles. The van der Waals surface area contributed by atoms with Crippen molar-refractivity contribution in [2.24, 2.45) is 0 Å². The number of carbonyl (C=O) groups is 2. The zero-order chi connectivity index (χ0) is 27.7. The molecule has 3 aromatic rings. The number of hydrogen-bond acceptors (Lipinski definition) is 5. The third-order valence-corrected chi connectivity index (χ3v) is 8.06. The van der Waals surface area contributed by atoms with Crippen molar-refractivity contribution >= 4 is 23.3 Å². The molecule has 0 N–H and O–H groups in total. The summed E-state index contributed by atoms with van der Waals surface area (Å²) in [6.45, 7) is 2.84. The lowest BCUT2D eigenvalue weighted by atomic mass is 9.71. The van der Waals surface area contributed by atoms with E-state index >= 15 is 0 Å². The summed E-state index contributed by atoms with van der Waals surface area (Å²) >= 11 is 5.89. The predicted molar refractivity (Wildman–Crippen MR) is 145 cm³/mol. The second kappa shape index (κ2) is 10.9. The predicted octanol–water partition coefficient (Wildman–Crippen LogP) is 5.06. The number of nitrogens with zero attached hydrogens (tertiary/aromatic N) is 2. The fourth-order valence-electron chi connectivity index (χ4n) is 5.70. The Morgan fingerprint density at radius 3 is 2.56 bits per heavy atom. The van der Waals surface area contributed by atoms with Crippen molar-refractivity contribution in [1.29, 1.82) is 0 Å². The van der Waals surface area contributed by atoms with E-state index in [0.717, 1.165) is 5.56 Å². The van der Waals surface area contributed by atoms with Gasteiger partial charge in [0.05, 0.1) is 22.2 Å². The molecule has 0 saturated heterocycles. The second-order valence-electron chi connectivity index (χ2n) is 10.1. The molecule has 1 aliphatic carbocycles. The van der Waals surface area contributed by atoms with Gasteiger partial charge >= 0.3 is 0 Å². The van der Waals surface area contributed by atoms with Crippen LogP contribution in [0.2, 0.25) is 5.02 Å². The van der Waals surface area contributed by atoms with Gasteiger partial charge in [0, 0.05) is 32.8 Å². The molecule has 0 atom stereocenters. The summed E-state index contributed by atoms with van der Waals surface area (Å²) in [5, 5.41) is -0.0236. The number of carbonyl (C=O) groups excluding carboxylic acids is 2. The summed E-state index contributed by atoms with van der Waals surface area (Å²) in [7, 11) is 1.65. The van der Waals surface area contributed by atoms with Gasteiger partial charge in [0.1, 0.15) is 12.4 Å². The van der Waals surface area contributed by atoms with Crippen LogP contribution in [-0.2, 0) is 24.3 Å². The number of benzene rings is 2. The summed E-state index contributed by atoms with van der Waals surface area (Å²) in [5.41, 5.74) is 0.0641. The molecule has 2 aromatic carbocycles. The van der Waals surface area contributed by atoms with Crippen molar-refractivity contribution in [3.8, 4) is 5.75 Å². The van der Waals surface area contributed by atoms with Crippen LogP contribution in [0.15, 0.2) is 59.5 Å². The number of aryl methyl sites for hydroxylation is 1. The van der Waals surface area contributed by atoms with Gasteiger partial charge in [0.2, 0.25) is 5.43 Å². The zero-order valence-corrected chi connectivity index (χ0v) is 22.7. The molecule has 0 radical (unpaired) electrons. The first-order chi connectivity index (χ1) is 18.8. The van der Waals surface area contributed by atoms with Crippen molar-refractivity contribution < 1.29 is 23.5 Å². The smallest absolute Gasteiger partial charge is 0.275 e. The van der Waals surface area contributed by atoms with Crippen LogP contribution in [0.4, 0.5) is 4.39 Å². The van der Waals surface area contributed by atoms with E-state index in [-0.39, 0.29) is 53.5 Å². The first-order valence-electron chi connectivity index (χ1n) is 13.0. The fraction of sp³-hybridized carbons (Fsp3) is 0.367. The number of halogens is 2. The number of likely N-dealkylation sites (N-methyl/N-ethyl adjacent to an activating group) is 1. The number of pyridine rings is 1. The van der Waals surface area contributed by atoms with E-state index in [0.29, 0.717) is 31.5 Å². The van der Waals surface area contributed by atoms with Crippen LogP contribution >= 0.6 is 11.6 Å². The molecule has 1 fully saturated rings. The highest BCUT2D eigenvalue weighted by Gasteiger charge is 2.54. The van der Waals surface area contributed by atoms with Gasteiger partial charge in [-0.3, -0.25) is 14.4 Å². The number of methoxy groups -OCH3 is 1. The largest absolute Gasteiger partial charge is 0.483 e. The van der Waals surface area contributed by atoms with Crippen LogP contribution in [0, 0.1) is 5.82 Å². The van der Waals surface area contributed by atoms with E-state index in [1.807, 2.05) is 37.3 Å². The Balaban J connectivity index is 1.53. The Morgan fingerprint density at radius 2 is 1.87 bits per heavy atom. The van der Waals surface area contributed by atoms with Crippen molar-refractivity contribution in [2.45, 2.75) is 57.4 Å². The third-order valence-electron chi connectivity index (χ3n) is 7.77. The highest BCUT2D eigenvalue weighted by molar-refractivity contribution is 6.30. The molecular formula is C30H30ClFN2O5. The average molecular weight is 553 g/mol. The molecule has 7 nitrogen and oxygen atoms in total. The molecule has 2 aliphatic rings. The van der Waals surface area contributed by atoms with E-state index < -0.39 is 22.6 Å². The van der Waals surface area contributed by atoms with Gasteiger partial charge in [-0.05, 0) is 43.4 Å². The number of aromatic nitrogens is 1. The molecule has 5 rings (SSSR count). The number of fused-ring (bicyclic) bond motifs is 1. The number of hydrogen-bond donors (Lipinski definition) is 0. The monoisotopic (exact) mass is 552 g/mol. The number of amides is 1. The van der Waals surface area contributed by atoms with Crippen molar-refractivity contribution in [2.75, 3.05) is 13.7 Å². The quantitative estimate of drug-likeness (QED) is 0.347. The summed E-state index contributed by atoms with van der Waals surface area (Å²) in [4.78, 5) is 42.6. The first-order valence-corrected chi connectivity index (χ1v) is 13.4. The maximum Gasteiger partial charge on any atom is 0.275 e. The van der Waals surface area contributed by atoms with E-state index in [9.17, 15) is 18.8 Å². The van der Waals surface area contributed by atoms with E-state index in [1.165, 1.54) is 12.3 Å².